The first-order chi connectivity index (χ1) is 8.39. The van der Waals surface area contributed by atoms with Crippen molar-refractivity contribution in [3.05, 3.63) is 28.8 Å². The molecule has 1 unspecified atom stereocenters. The van der Waals surface area contributed by atoms with Gasteiger partial charge in [0.25, 0.3) is 0 Å². The normalized spacial score (nSPS) is 23.8. The molecule has 18 heavy (non-hydrogen) atoms. The van der Waals surface area contributed by atoms with E-state index in [2.05, 4.69) is 50.0 Å². The zero-order valence-corrected chi connectivity index (χ0v) is 12.5. The number of nitrogens with zero attached hydrogens (tertiary/aromatic N) is 1. The lowest BCUT2D eigenvalue weighted by molar-refractivity contribution is 0.369. The Bertz CT molecular complexity index is 429. The predicted molar refractivity (Wildman–Crippen MR) is 79.6 cm³/mol. The first kappa shape index (κ1) is 13.7. The Kier molecular flexibility index (Phi) is 3.88. The van der Waals surface area contributed by atoms with Gasteiger partial charge in [0, 0.05) is 36.4 Å². The van der Waals surface area contributed by atoms with Crippen LogP contribution in [-0.4, -0.2) is 25.7 Å². The highest BCUT2D eigenvalue weighted by molar-refractivity contribution is 6.30. The van der Waals surface area contributed by atoms with Gasteiger partial charge >= 0.3 is 0 Å². The Balaban J connectivity index is 2.33. The van der Waals surface area contributed by atoms with Gasteiger partial charge in [0.05, 0.1) is 0 Å². The highest BCUT2D eigenvalue weighted by Gasteiger charge is 2.28. The van der Waals surface area contributed by atoms with E-state index < -0.39 is 0 Å². The van der Waals surface area contributed by atoms with E-state index in [1.807, 2.05) is 6.07 Å². The number of halogens is 1. The van der Waals surface area contributed by atoms with Crippen molar-refractivity contribution in [1.29, 1.82) is 0 Å². The van der Waals surface area contributed by atoms with Crippen LogP contribution in [0.1, 0.15) is 26.3 Å². The fourth-order valence-electron chi connectivity index (χ4n) is 2.67. The molecule has 2 rings (SSSR count). The molecule has 0 spiro atoms. The zero-order chi connectivity index (χ0) is 13.3. The van der Waals surface area contributed by atoms with Crippen molar-refractivity contribution in [2.24, 2.45) is 5.41 Å². The molecular formula is C15H23ClN2. The van der Waals surface area contributed by atoms with Gasteiger partial charge in [-0.15, -0.1) is 0 Å². The van der Waals surface area contributed by atoms with E-state index in [9.17, 15) is 0 Å². The van der Waals surface area contributed by atoms with E-state index in [-0.39, 0.29) is 5.41 Å². The Labute approximate surface area is 115 Å². The molecule has 0 amide bonds. The van der Waals surface area contributed by atoms with Crippen LogP contribution in [-0.2, 0) is 0 Å². The van der Waals surface area contributed by atoms with Crippen LogP contribution in [0.25, 0.3) is 0 Å². The average Bonchev–Trinajstić information content (AvgIpc) is 2.38. The zero-order valence-electron chi connectivity index (χ0n) is 11.8. The Morgan fingerprint density at radius 3 is 2.78 bits per heavy atom. The monoisotopic (exact) mass is 266 g/mol. The molecule has 1 atom stereocenters. The van der Waals surface area contributed by atoms with Gasteiger partial charge in [-0.05, 0) is 43.0 Å². The predicted octanol–water partition coefficient (Wildman–Crippen LogP) is 3.47. The van der Waals surface area contributed by atoms with Crippen LogP contribution in [0.5, 0.6) is 0 Å². The van der Waals surface area contributed by atoms with Crippen LogP contribution >= 0.6 is 11.6 Å². The van der Waals surface area contributed by atoms with Crippen LogP contribution in [0, 0.1) is 12.3 Å². The van der Waals surface area contributed by atoms with Gasteiger partial charge in [-0.3, -0.25) is 0 Å². The standard InChI is InChI=1S/C15H23ClN2/c1-11-7-13(16)5-6-14(11)18-10-15(3,4)9-17-8-12(18)2/h5-7,12,17H,8-10H2,1-4H3. The summed E-state index contributed by atoms with van der Waals surface area (Å²) < 4.78 is 0. The molecule has 1 N–H and O–H groups in total. The summed E-state index contributed by atoms with van der Waals surface area (Å²) in [6.45, 7) is 12.2. The molecule has 1 heterocycles. The third-order valence-electron chi connectivity index (χ3n) is 3.64. The molecule has 0 radical (unpaired) electrons. The second-order valence-electron chi connectivity index (χ2n) is 6.20. The summed E-state index contributed by atoms with van der Waals surface area (Å²) in [4.78, 5) is 2.51. The topological polar surface area (TPSA) is 15.3 Å². The summed E-state index contributed by atoms with van der Waals surface area (Å²) in [7, 11) is 0. The number of rotatable bonds is 1. The molecule has 1 aliphatic heterocycles. The van der Waals surface area contributed by atoms with Crippen molar-refractivity contribution in [3.8, 4) is 0 Å². The minimum absolute atomic E-state index is 0.289. The lowest BCUT2D eigenvalue weighted by Crippen LogP contribution is -2.40. The van der Waals surface area contributed by atoms with E-state index >= 15 is 0 Å². The van der Waals surface area contributed by atoms with Crippen molar-refractivity contribution in [1.82, 2.24) is 5.32 Å². The van der Waals surface area contributed by atoms with Crippen LogP contribution in [0.4, 0.5) is 5.69 Å². The molecule has 1 fully saturated rings. The Morgan fingerprint density at radius 1 is 1.39 bits per heavy atom. The van der Waals surface area contributed by atoms with Crippen LogP contribution in [0.2, 0.25) is 5.02 Å². The number of benzene rings is 1. The highest BCUT2D eigenvalue weighted by Crippen LogP contribution is 2.29. The fourth-order valence-corrected chi connectivity index (χ4v) is 2.89. The van der Waals surface area contributed by atoms with Crippen molar-refractivity contribution in [2.45, 2.75) is 33.7 Å². The second-order valence-corrected chi connectivity index (χ2v) is 6.64. The van der Waals surface area contributed by atoms with Crippen molar-refractivity contribution in [2.75, 3.05) is 24.5 Å². The first-order valence-electron chi connectivity index (χ1n) is 6.62. The molecule has 1 aromatic rings. The SMILES string of the molecule is Cc1cc(Cl)ccc1N1CC(C)(C)CNCC1C. The summed E-state index contributed by atoms with van der Waals surface area (Å²) in [6.07, 6.45) is 0. The fraction of sp³-hybridized carbons (Fsp3) is 0.600. The molecule has 1 saturated heterocycles. The quantitative estimate of drug-likeness (QED) is 0.837. The molecular weight excluding hydrogens is 244 g/mol. The van der Waals surface area contributed by atoms with Gasteiger partial charge in [0.15, 0.2) is 0 Å². The minimum atomic E-state index is 0.289. The van der Waals surface area contributed by atoms with Gasteiger partial charge in [0.1, 0.15) is 0 Å². The van der Waals surface area contributed by atoms with Crippen molar-refractivity contribution in [3.63, 3.8) is 0 Å². The molecule has 1 aromatic carbocycles. The smallest absolute Gasteiger partial charge is 0.0410 e. The maximum atomic E-state index is 6.05. The molecule has 0 aromatic heterocycles. The van der Waals surface area contributed by atoms with Crippen LogP contribution < -0.4 is 10.2 Å². The van der Waals surface area contributed by atoms with Crippen LogP contribution in [0.15, 0.2) is 18.2 Å². The molecule has 2 nitrogen and oxygen atoms in total. The largest absolute Gasteiger partial charge is 0.367 e. The minimum Gasteiger partial charge on any atom is -0.367 e. The number of hydrogen-bond donors (Lipinski definition) is 1. The number of aryl methyl sites for hydroxylation is 1. The second kappa shape index (κ2) is 5.10. The van der Waals surface area contributed by atoms with E-state index in [0.29, 0.717) is 6.04 Å². The lowest BCUT2D eigenvalue weighted by atomic mass is 9.92. The van der Waals surface area contributed by atoms with E-state index in [4.69, 9.17) is 11.6 Å². The summed E-state index contributed by atoms with van der Waals surface area (Å²) in [5, 5.41) is 4.37. The maximum absolute atomic E-state index is 6.05. The van der Waals surface area contributed by atoms with Crippen molar-refractivity contribution >= 4 is 17.3 Å². The summed E-state index contributed by atoms with van der Waals surface area (Å²) in [5.74, 6) is 0. The third-order valence-corrected chi connectivity index (χ3v) is 3.88. The van der Waals surface area contributed by atoms with E-state index in [1.54, 1.807) is 0 Å². The Morgan fingerprint density at radius 2 is 2.11 bits per heavy atom. The molecule has 1 aliphatic rings. The van der Waals surface area contributed by atoms with Crippen LogP contribution in [0.3, 0.4) is 0 Å². The number of nitrogens with one attached hydrogen (secondary N) is 1. The number of anilines is 1. The molecule has 0 saturated carbocycles. The molecule has 0 bridgehead atoms. The summed E-state index contributed by atoms with van der Waals surface area (Å²) in [6, 6.07) is 6.69. The maximum Gasteiger partial charge on any atom is 0.0410 e. The highest BCUT2D eigenvalue weighted by atomic mass is 35.5. The van der Waals surface area contributed by atoms with Gasteiger partial charge in [0.2, 0.25) is 0 Å². The molecule has 3 heteroatoms. The summed E-state index contributed by atoms with van der Waals surface area (Å²) >= 11 is 6.05. The van der Waals surface area contributed by atoms with Gasteiger partial charge in [-0.2, -0.15) is 0 Å². The third kappa shape index (κ3) is 2.99. The van der Waals surface area contributed by atoms with Crippen molar-refractivity contribution < 1.29 is 0 Å². The van der Waals surface area contributed by atoms with Gasteiger partial charge in [-0.1, -0.05) is 25.4 Å². The average molecular weight is 267 g/mol. The van der Waals surface area contributed by atoms with E-state index in [0.717, 1.165) is 24.7 Å². The molecule has 0 aliphatic carbocycles. The van der Waals surface area contributed by atoms with E-state index in [1.165, 1.54) is 11.3 Å². The van der Waals surface area contributed by atoms with Gasteiger partial charge < -0.3 is 10.2 Å². The van der Waals surface area contributed by atoms with Gasteiger partial charge in [-0.25, -0.2) is 0 Å². The lowest BCUT2D eigenvalue weighted by Gasteiger charge is -2.35. The Hall–Kier alpha value is -0.730. The summed E-state index contributed by atoms with van der Waals surface area (Å²) in [5.41, 5.74) is 2.85. The first-order valence-corrected chi connectivity index (χ1v) is 7.00. The molecule has 100 valence electrons. The number of hydrogen-bond acceptors (Lipinski definition) is 2.